The van der Waals surface area contributed by atoms with Crippen molar-refractivity contribution in [1.29, 1.82) is 0 Å². The lowest BCUT2D eigenvalue weighted by atomic mass is 9.96. The van der Waals surface area contributed by atoms with E-state index in [2.05, 4.69) is 16.0 Å². The Morgan fingerprint density at radius 1 is 0.882 bits per heavy atom. The largest absolute Gasteiger partial charge is 0.480 e. The highest BCUT2D eigenvalue weighted by Gasteiger charge is 2.34. The molecule has 10 heteroatoms. The first-order valence-electron chi connectivity index (χ1n) is 11.5. The molecule has 6 atom stereocenters. The molecule has 0 aliphatic heterocycles. The van der Waals surface area contributed by atoms with E-state index in [0.29, 0.717) is 6.42 Å². The molecule has 0 saturated carbocycles. The minimum Gasteiger partial charge on any atom is -0.480 e. The lowest BCUT2D eigenvalue weighted by Gasteiger charge is -2.29. The van der Waals surface area contributed by atoms with Crippen LogP contribution in [0.25, 0.3) is 0 Å². The van der Waals surface area contributed by atoms with Crippen LogP contribution in [0.15, 0.2) is 30.3 Å². The Morgan fingerprint density at radius 3 is 1.91 bits per heavy atom. The molecular formula is C24H38N4O6. The summed E-state index contributed by atoms with van der Waals surface area (Å²) in [6, 6.07) is 4.64. The van der Waals surface area contributed by atoms with Crippen LogP contribution in [0.3, 0.4) is 0 Å². The second-order valence-corrected chi connectivity index (χ2v) is 8.96. The number of amides is 3. The van der Waals surface area contributed by atoms with Gasteiger partial charge in [0.05, 0.1) is 12.1 Å². The van der Waals surface area contributed by atoms with E-state index in [1.54, 1.807) is 20.8 Å². The fourth-order valence-electron chi connectivity index (χ4n) is 3.22. The van der Waals surface area contributed by atoms with Crippen molar-refractivity contribution in [3.05, 3.63) is 35.9 Å². The number of aliphatic hydroxyl groups excluding tert-OH is 1. The van der Waals surface area contributed by atoms with Gasteiger partial charge in [-0.3, -0.25) is 14.4 Å². The van der Waals surface area contributed by atoms with Crippen LogP contribution in [0.5, 0.6) is 0 Å². The van der Waals surface area contributed by atoms with Crippen LogP contribution >= 0.6 is 0 Å². The maximum atomic E-state index is 13.3. The molecule has 0 aliphatic rings. The molecule has 1 rings (SSSR count). The number of aliphatic hydroxyl groups is 1. The number of nitrogens with one attached hydrogen (secondary N) is 3. The Hall–Kier alpha value is -2.98. The first-order chi connectivity index (χ1) is 15.9. The van der Waals surface area contributed by atoms with E-state index in [1.807, 2.05) is 37.3 Å². The van der Waals surface area contributed by atoms with Gasteiger partial charge < -0.3 is 31.9 Å². The molecule has 10 nitrogen and oxygen atoms in total. The maximum Gasteiger partial charge on any atom is 0.328 e. The van der Waals surface area contributed by atoms with Crippen molar-refractivity contribution in [2.75, 3.05) is 0 Å². The summed E-state index contributed by atoms with van der Waals surface area (Å²) >= 11 is 0. The Labute approximate surface area is 200 Å². The fourth-order valence-corrected chi connectivity index (χ4v) is 3.22. The molecule has 6 unspecified atom stereocenters. The average molecular weight is 479 g/mol. The Morgan fingerprint density at radius 2 is 1.44 bits per heavy atom. The summed E-state index contributed by atoms with van der Waals surface area (Å²) in [6.07, 6.45) is -0.653. The Balaban J connectivity index is 3.14. The summed E-state index contributed by atoms with van der Waals surface area (Å²) in [4.78, 5) is 50.1. The predicted octanol–water partition coefficient (Wildman–Crippen LogP) is 0.178. The quantitative estimate of drug-likeness (QED) is 0.235. The number of aliphatic carboxylic acids is 1. The van der Waals surface area contributed by atoms with E-state index in [-0.39, 0.29) is 18.3 Å². The van der Waals surface area contributed by atoms with Crippen LogP contribution in [0.2, 0.25) is 0 Å². The number of nitrogens with two attached hydrogens (primary N) is 1. The topological polar surface area (TPSA) is 171 Å². The zero-order valence-electron chi connectivity index (χ0n) is 20.4. The molecule has 0 saturated heterocycles. The number of carbonyl (C=O) groups is 4. The van der Waals surface area contributed by atoms with Gasteiger partial charge in [-0.15, -0.1) is 0 Å². The van der Waals surface area contributed by atoms with Crippen molar-refractivity contribution < 1.29 is 29.4 Å². The molecule has 190 valence electrons. The third-order valence-corrected chi connectivity index (χ3v) is 5.78. The normalized spacial score (nSPS) is 16.5. The molecule has 0 heterocycles. The number of hydrogen-bond acceptors (Lipinski definition) is 6. The summed E-state index contributed by atoms with van der Waals surface area (Å²) in [6.45, 7) is 8.40. The van der Waals surface area contributed by atoms with Crippen LogP contribution in [-0.4, -0.2) is 64.2 Å². The summed E-state index contributed by atoms with van der Waals surface area (Å²) in [5.41, 5.74) is 6.74. The maximum absolute atomic E-state index is 13.3. The van der Waals surface area contributed by atoms with Crippen molar-refractivity contribution in [3.63, 3.8) is 0 Å². The summed E-state index contributed by atoms with van der Waals surface area (Å²) in [5, 5.41) is 26.6. The standard InChI is InChI=1S/C24H38N4O6/c1-6-14(4)19(23(32)28-20(15(5)29)24(33)34)27-21(30)17(12-16-10-8-7-9-11-16)26-22(31)18(25)13(2)3/h7-11,13-15,17-20,29H,6,12,25H2,1-5H3,(H,26,31)(H,27,30)(H,28,32)(H,33,34). The molecule has 7 N–H and O–H groups in total. The Bertz CT molecular complexity index is 830. The molecule has 3 amide bonds. The highest BCUT2D eigenvalue weighted by atomic mass is 16.4. The zero-order valence-corrected chi connectivity index (χ0v) is 20.4. The second-order valence-electron chi connectivity index (χ2n) is 8.96. The van der Waals surface area contributed by atoms with Gasteiger partial charge in [-0.05, 0) is 24.3 Å². The van der Waals surface area contributed by atoms with Crippen LogP contribution in [0, 0.1) is 11.8 Å². The number of benzene rings is 1. The minimum absolute atomic E-state index is 0.146. The van der Waals surface area contributed by atoms with Gasteiger partial charge >= 0.3 is 5.97 Å². The van der Waals surface area contributed by atoms with Crippen molar-refractivity contribution in [3.8, 4) is 0 Å². The van der Waals surface area contributed by atoms with E-state index in [4.69, 9.17) is 5.73 Å². The lowest BCUT2D eigenvalue weighted by molar-refractivity contribution is -0.145. The van der Waals surface area contributed by atoms with Crippen LogP contribution in [0.1, 0.15) is 46.6 Å². The molecule has 0 aromatic heterocycles. The second kappa shape index (κ2) is 13.7. The smallest absolute Gasteiger partial charge is 0.328 e. The van der Waals surface area contributed by atoms with Crippen LogP contribution in [0.4, 0.5) is 0 Å². The number of rotatable bonds is 13. The first-order valence-corrected chi connectivity index (χ1v) is 11.5. The highest BCUT2D eigenvalue weighted by Crippen LogP contribution is 2.11. The number of carboxylic acids is 1. The van der Waals surface area contributed by atoms with E-state index in [1.165, 1.54) is 6.92 Å². The van der Waals surface area contributed by atoms with E-state index in [9.17, 15) is 29.4 Å². The molecule has 0 spiro atoms. The molecule has 0 aliphatic carbocycles. The molecule has 34 heavy (non-hydrogen) atoms. The van der Waals surface area contributed by atoms with Gasteiger partial charge in [0, 0.05) is 6.42 Å². The summed E-state index contributed by atoms with van der Waals surface area (Å²) in [7, 11) is 0. The third-order valence-electron chi connectivity index (χ3n) is 5.78. The van der Waals surface area contributed by atoms with Crippen LogP contribution < -0.4 is 21.7 Å². The van der Waals surface area contributed by atoms with Gasteiger partial charge in [-0.1, -0.05) is 64.4 Å². The minimum atomic E-state index is -1.53. The predicted molar refractivity (Wildman–Crippen MR) is 128 cm³/mol. The molecule has 1 aromatic carbocycles. The van der Waals surface area contributed by atoms with E-state index < -0.39 is 54.0 Å². The van der Waals surface area contributed by atoms with Gasteiger partial charge in [0.25, 0.3) is 0 Å². The zero-order chi connectivity index (χ0) is 26.0. The lowest BCUT2D eigenvalue weighted by Crippen LogP contribution is -2.60. The molecular weight excluding hydrogens is 440 g/mol. The van der Waals surface area contributed by atoms with Gasteiger partial charge in [0.15, 0.2) is 6.04 Å². The van der Waals surface area contributed by atoms with E-state index in [0.717, 1.165) is 5.56 Å². The Kier molecular flexibility index (Phi) is 11.7. The van der Waals surface area contributed by atoms with Crippen LogP contribution in [-0.2, 0) is 25.6 Å². The van der Waals surface area contributed by atoms with Gasteiger partial charge in [0.1, 0.15) is 12.1 Å². The summed E-state index contributed by atoms with van der Waals surface area (Å²) < 4.78 is 0. The summed E-state index contributed by atoms with van der Waals surface area (Å²) in [5.74, 6) is -3.71. The SMILES string of the molecule is CCC(C)C(NC(=O)C(Cc1ccccc1)NC(=O)C(N)C(C)C)C(=O)NC(C(=O)O)C(C)O. The van der Waals surface area contributed by atoms with Crippen molar-refractivity contribution in [2.24, 2.45) is 17.6 Å². The van der Waals surface area contributed by atoms with Gasteiger partial charge in [-0.25, -0.2) is 4.79 Å². The molecule has 1 aromatic rings. The fraction of sp³-hybridized carbons (Fsp3) is 0.583. The van der Waals surface area contributed by atoms with Crippen molar-refractivity contribution in [1.82, 2.24) is 16.0 Å². The van der Waals surface area contributed by atoms with Crippen molar-refractivity contribution in [2.45, 2.75) is 77.7 Å². The van der Waals surface area contributed by atoms with Gasteiger partial charge in [-0.2, -0.15) is 0 Å². The average Bonchev–Trinajstić information content (AvgIpc) is 2.79. The molecule has 0 radical (unpaired) electrons. The first kappa shape index (κ1) is 29.1. The number of hydrogen-bond donors (Lipinski definition) is 6. The van der Waals surface area contributed by atoms with Gasteiger partial charge in [0.2, 0.25) is 17.7 Å². The third kappa shape index (κ3) is 8.75. The number of carboxylic acid groups (broad SMARTS) is 1. The van der Waals surface area contributed by atoms with Crippen molar-refractivity contribution >= 4 is 23.7 Å². The molecule has 0 bridgehead atoms. The monoisotopic (exact) mass is 478 g/mol. The highest BCUT2D eigenvalue weighted by molar-refractivity contribution is 5.94. The number of carbonyl (C=O) groups excluding carboxylic acids is 3. The molecule has 0 fully saturated rings. The van der Waals surface area contributed by atoms with E-state index >= 15 is 0 Å².